The highest BCUT2D eigenvalue weighted by Gasteiger charge is 2.11. The average molecular weight is 271 g/mol. The number of nitriles is 1. The van der Waals surface area contributed by atoms with Crippen LogP contribution in [0.15, 0.2) is 18.2 Å². The molecule has 0 aromatic heterocycles. The Morgan fingerprint density at radius 1 is 1.67 bits per heavy atom. The van der Waals surface area contributed by atoms with Crippen molar-refractivity contribution < 1.29 is 9.18 Å². The molecule has 78 valence electrons. The van der Waals surface area contributed by atoms with Crippen molar-refractivity contribution in [2.45, 2.75) is 11.8 Å². The molecule has 1 aromatic carbocycles. The topological polar surface area (TPSA) is 52.9 Å². The van der Waals surface area contributed by atoms with Crippen molar-refractivity contribution in [2.75, 3.05) is 5.32 Å². The molecule has 0 saturated heterocycles. The summed E-state index contributed by atoms with van der Waals surface area (Å²) in [5.41, 5.74) is 0.294. The Labute approximate surface area is 95.0 Å². The van der Waals surface area contributed by atoms with E-state index >= 15 is 0 Å². The molecular weight excluding hydrogens is 263 g/mol. The SMILES string of the molecule is CC(Br)C(=O)Nc1ccc(C#N)cc1F. The molecule has 0 spiro atoms. The van der Waals surface area contributed by atoms with E-state index in [1.165, 1.54) is 12.1 Å². The number of halogens is 2. The fourth-order valence-electron chi connectivity index (χ4n) is 0.918. The van der Waals surface area contributed by atoms with Crippen LogP contribution >= 0.6 is 15.9 Å². The van der Waals surface area contributed by atoms with Gasteiger partial charge in [-0.15, -0.1) is 0 Å². The zero-order valence-corrected chi connectivity index (χ0v) is 9.51. The fourth-order valence-corrected chi connectivity index (χ4v) is 1.03. The van der Waals surface area contributed by atoms with E-state index in [-0.39, 0.29) is 17.2 Å². The van der Waals surface area contributed by atoms with Crippen molar-refractivity contribution in [1.29, 1.82) is 5.26 Å². The average Bonchev–Trinajstić information content (AvgIpc) is 2.20. The summed E-state index contributed by atoms with van der Waals surface area (Å²) in [7, 11) is 0. The summed E-state index contributed by atoms with van der Waals surface area (Å²) in [6, 6.07) is 5.69. The summed E-state index contributed by atoms with van der Waals surface area (Å²) in [5, 5.41) is 10.9. The number of alkyl halides is 1. The van der Waals surface area contributed by atoms with E-state index in [0.717, 1.165) is 6.07 Å². The fraction of sp³-hybridized carbons (Fsp3) is 0.200. The molecule has 1 amide bonds. The highest BCUT2D eigenvalue weighted by Crippen LogP contribution is 2.16. The van der Waals surface area contributed by atoms with Gasteiger partial charge in [0.25, 0.3) is 0 Å². The largest absolute Gasteiger partial charge is 0.323 e. The van der Waals surface area contributed by atoms with Crippen LogP contribution in [-0.2, 0) is 4.79 Å². The quantitative estimate of drug-likeness (QED) is 0.840. The molecule has 0 aliphatic heterocycles. The molecule has 1 atom stereocenters. The first kappa shape index (κ1) is 11.7. The summed E-state index contributed by atoms with van der Waals surface area (Å²) in [6.07, 6.45) is 0. The van der Waals surface area contributed by atoms with Gasteiger partial charge in [-0.25, -0.2) is 4.39 Å². The summed E-state index contributed by atoms with van der Waals surface area (Å²) >= 11 is 3.06. The van der Waals surface area contributed by atoms with Crippen LogP contribution in [0, 0.1) is 17.1 Å². The van der Waals surface area contributed by atoms with Gasteiger partial charge in [-0.1, -0.05) is 15.9 Å². The Morgan fingerprint density at radius 3 is 2.80 bits per heavy atom. The molecule has 5 heteroatoms. The Morgan fingerprint density at radius 2 is 2.33 bits per heavy atom. The first-order valence-electron chi connectivity index (χ1n) is 4.19. The number of carbonyl (C=O) groups is 1. The number of amides is 1. The lowest BCUT2D eigenvalue weighted by atomic mass is 10.2. The van der Waals surface area contributed by atoms with Gasteiger partial charge in [-0.05, 0) is 25.1 Å². The van der Waals surface area contributed by atoms with E-state index in [1.54, 1.807) is 6.92 Å². The number of hydrogen-bond donors (Lipinski definition) is 1. The molecule has 0 aliphatic carbocycles. The third-order valence-electron chi connectivity index (χ3n) is 1.72. The molecule has 0 radical (unpaired) electrons. The monoisotopic (exact) mass is 270 g/mol. The number of anilines is 1. The third kappa shape index (κ3) is 3.03. The van der Waals surface area contributed by atoms with Crippen LogP contribution in [-0.4, -0.2) is 10.7 Å². The summed E-state index contributed by atoms with van der Waals surface area (Å²) in [5.74, 6) is -0.950. The molecular formula is C10H8BrFN2O. The molecule has 0 heterocycles. The lowest BCUT2D eigenvalue weighted by Gasteiger charge is -2.07. The predicted octanol–water partition coefficient (Wildman–Crippen LogP) is 2.42. The standard InChI is InChI=1S/C10H8BrFN2O/c1-6(11)10(15)14-9-3-2-7(5-13)4-8(9)12/h2-4,6H,1H3,(H,14,15). The van der Waals surface area contributed by atoms with Gasteiger partial charge in [-0.3, -0.25) is 4.79 Å². The Balaban J connectivity index is 2.89. The van der Waals surface area contributed by atoms with Gasteiger partial charge < -0.3 is 5.32 Å². The van der Waals surface area contributed by atoms with Crippen LogP contribution in [0.5, 0.6) is 0 Å². The van der Waals surface area contributed by atoms with Gasteiger partial charge >= 0.3 is 0 Å². The van der Waals surface area contributed by atoms with Crippen molar-refractivity contribution in [1.82, 2.24) is 0 Å². The van der Waals surface area contributed by atoms with E-state index in [4.69, 9.17) is 5.26 Å². The van der Waals surface area contributed by atoms with Crippen LogP contribution in [0.2, 0.25) is 0 Å². The Bertz CT molecular complexity index is 426. The minimum Gasteiger partial charge on any atom is -0.323 e. The van der Waals surface area contributed by atoms with Gasteiger partial charge in [0.05, 0.1) is 22.1 Å². The summed E-state index contributed by atoms with van der Waals surface area (Å²) < 4.78 is 13.3. The van der Waals surface area contributed by atoms with Gasteiger partial charge in [0.15, 0.2) is 0 Å². The molecule has 0 bridgehead atoms. The second kappa shape index (κ2) is 4.89. The zero-order valence-electron chi connectivity index (χ0n) is 7.92. The van der Waals surface area contributed by atoms with Crippen LogP contribution in [0.1, 0.15) is 12.5 Å². The molecule has 1 N–H and O–H groups in total. The minimum atomic E-state index is -0.615. The molecule has 0 saturated carbocycles. The predicted molar refractivity (Wildman–Crippen MR) is 58.1 cm³/mol. The molecule has 0 fully saturated rings. The summed E-state index contributed by atoms with van der Waals surface area (Å²) in [6.45, 7) is 1.64. The number of nitrogens with zero attached hydrogens (tertiary/aromatic N) is 1. The van der Waals surface area contributed by atoms with Crippen LogP contribution in [0.3, 0.4) is 0 Å². The first-order valence-corrected chi connectivity index (χ1v) is 5.10. The zero-order chi connectivity index (χ0) is 11.4. The first-order chi connectivity index (χ1) is 7.04. The summed E-state index contributed by atoms with van der Waals surface area (Å²) in [4.78, 5) is 10.8. The molecule has 1 aromatic rings. The second-order valence-electron chi connectivity index (χ2n) is 2.91. The van der Waals surface area contributed by atoms with Crippen LogP contribution in [0.25, 0.3) is 0 Å². The van der Waals surface area contributed by atoms with Gasteiger partial charge in [0, 0.05) is 0 Å². The molecule has 15 heavy (non-hydrogen) atoms. The normalized spacial score (nSPS) is 11.6. The highest BCUT2D eigenvalue weighted by molar-refractivity contribution is 9.10. The maximum Gasteiger partial charge on any atom is 0.237 e. The van der Waals surface area contributed by atoms with E-state index < -0.39 is 10.6 Å². The molecule has 1 unspecified atom stereocenters. The lowest BCUT2D eigenvalue weighted by Crippen LogP contribution is -2.20. The number of carbonyl (C=O) groups excluding carboxylic acids is 1. The van der Waals surface area contributed by atoms with E-state index in [1.807, 2.05) is 6.07 Å². The maximum atomic E-state index is 13.3. The van der Waals surface area contributed by atoms with Gasteiger partial charge in [0.1, 0.15) is 5.82 Å². The minimum absolute atomic E-state index is 0.0744. The van der Waals surface area contributed by atoms with Crippen LogP contribution < -0.4 is 5.32 Å². The van der Waals surface area contributed by atoms with E-state index in [2.05, 4.69) is 21.2 Å². The molecule has 1 rings (SSSR count). The highest BCUT2D eigenvalue weighted by atomic mass is 79.9. The molecule has 0 aliphatic rings. The van der Waals surface area contributed by atoms with Crippen LogP contribution in [0.4, 0.5) is 10.1 Å². The Kier molecular flexibility index (Phi) is 3.81. The van der Waals surface area contributed by atoms with Gasteiger partial charge in [-0.2, -0.15) is 5.26 Å². The number of rotatable bonds is 2. The Hall–Kier alpha value is -1.41. The maximum absolute atomic E-state index is 13.3. The third-order valence-corrected chi connectivity index (χ3v) is 2.13. The van der Waals surface area contributed by atoms with Crippen molar-refractivity contribution >= 4 is 27.5 Å². The van der Waals surface area contributed by atoms with Crippen molar-refractivity contribution in [2.24, 2.45) is 0 Å². The van der Waals surface area contributed by atoms with Crippen molar-refractivity contribution in [3.05, 3.63) is 29.6 Å². The lowest BCUT2D eigenvalue weighted by molar-refractivity contribution is -0.115. The van der Waals surface area contributed by atoms with Gasteiger partial charge in [0.2, 0.25) is 5.91 Å². The van der Waals surface area contributed by atoms with E-state index in [9.17, 15) is 9.18 Å². The number of hydrogen-bond acceptors (Lipinski definition) is 2. The van der Waals surface area contributed by atoms with Crippen molar-refractivity contribution in [3.8, 4) is 6.07 Å². The smallest absolute Gasteiger partial charge is 0.237 e. The van der Waals surface area contributed by atoms with Crippen molar-refractivity contribution in [3.63, 3.8) is 0 Å². The number of benzene rings is 1. The second-order valence-corrected chi connectivity index (χ2v) is 4.29. The van der Waals surface area contributed by atoms with E-state index in [0.29, 0.717) is 0 Å². The molecule has 3 nitrogen and oxygen atoms in total. The number of nitrogens with one attached hydrogen (secondary N) is 1.